The van der Waals surface area contributed by atoms with Gasteiger partial charge >= 0.3 is 0 Å². The summed E-state index contributed by atoms with van der Waals surface area (Å²) in [5.41, 5.74) is 12.2. The molecule has 0 nitrogen and oxygen atoms in total. The van der Waals surface area contributed by atoms with E-state index in [1.165, 1.54) is 71.6 Å². The second-order valence-electron chi connectivity index (χ2n) is 12.6. The third-order valence-corrected chi connectivity index (χ3v) is 8.86. The van der Waals surface area contributed by atoms with Crippen molar-refractivity contribution in [3.05, 3.63) is 132 Å². The minimum Gasteiger partial charge on any atom is -0.0619 e. The highest BCUT2D eigenvalue weighted by Gasteiger charge is 2.35. The van der Waals surface area contributed by atoms with Gasteiger partial charge in [-0.2, -0.15) is 0 Å². The predicted octanol–water partition coefficient (Wildman–Crippen LogP) is 10.9. The normalized spacial score (nSPS) is 14.0. The van der Waals surface area contributed by atoms with Gasteiger partial charge in [-0.05, 0) is 89.2 Å². The van der Waals surface area contributed by atoms with Crippen molar-refractivity contribution >= 4 is 21.5 Å². The Morgan fingerprint density at radius 1 is 0.462 bits per heavy atom. The van der Waals surface area contributed by atoms with Crippen molar-refractivity contribution < 1.29 is 0 Å². The summed E-state index contributed by atoms with van der Waals surface area (Å²) in [6.45, 7) is 11.6. The molecule has 0 N–H and O–H groups in total. The maximum atomic E-state index is 2.49. The van der Waals surface area contributed by atoms with E-state index in [2.05, 4.69) is 150 Å². The lowest BCUT2D eigenvalue weighted by Crippen LogP contribution is -2.14. The Bertz CT molecular complexity index is 1890. The average Bonchev–Trinajstić information content (AvgIpc) is 3.17. The molecule has 0 atom stereocenters. The van der Waals surface area contributed by atoms with Crippen molar-refractivity contribution in [2.45, 2.75) is 45.4 Å². The highest BCUT2D eigenvalue weighted by atomic mass is 14.4. The van der Waals surface area contributed by atoms with Crippen LogP contribution in [0.1, 0.15) is 51.3 Å². The van der Waals surface area contributed by atoms with E-state index in [1.807, 2.05) is 0 Å². The Morgan fingerprint density at radius 3 is 1.87 bits per heavy atom. The molecule has 0 fully saturated rings. The van der Waals surface area contributed by atoms with Crippen molar-refractivity contribution in [1.29, 1.82) is 0 Å². The SMILES string of the molecule is CC(C)(C)c1ccc(-c2ccc(-c3cccc4ccccc34)c3cc4c(cc23)C(C)(C)c2ccccc2-4)cc1. The summed E-state index contributed by atoms with van der Waals surface area (Å²) >= 11 is 0. The van der Waals surface area contributed by atoms with Crippen molar-refractivity contribution in [1.82, 2.24) is 0 Å². The molecule has 6 aromatic rings. The molecule has 0 radical (unpaired) electrons. The molecule has 0 saturated carbocycles. The average molecular weight is 503 g/mol. The van der Waals surface area contributed by atoms with Gasteiger partial charge in [-0.15, -0.1) is 0 Å². The summed E-state index contributed by atoms with van der Waals surface area (Å²) < 4.78 is 0. The van der Waals surface area contributed by atoms with Crippen LogP contribution < -0.4 is 0 Å². The molecule has 1 aliphatic rings. The van der Waals surface area contributed by atoms with Gasteiger partial charge in [-0.1, -0.05) is 138 Å². The zero-order valence-corrected chi connectivity index (χ0v) is 23.5. The molecule has 190 valence electrons. The van der Waals surface area contributed by atoms with Crippen LogP contribution in [0.15, 0.2) is 115 Å². The van der Waals surface area contributed by atoms with Gasteiger partial charge < -0.3 is 0 Å². The van der Waals surface area contributed by atoms with Gasteiger partial charge in [0.25, 0.3) is 0 Å². The Balaban J connectivity index is 1.55. The molecule has 0 bridgehead atoms. The monoisotopic (exact) mass is 502 g/mol. The highest BCUT2D eigenvalue weighted by molar-refractivity contribution is 6.11. The molecule has 39 heavy (non-hydrogen) atoms. The van der Waals surface area contributed by atoms with Crippen LogP contribution in [0.2, 0.25) is 0 Å². The first-order chi connectivity index (χ1) is 18.7. The van der Waals surface area contributed by atoms with Gasteiger partial charge in [0.2, 0.25) is 0 Å². The Labute approximate surface area is 232 Å². The first-order valence-electron chi connectivity index (χ1n) is 14.0. The molecular weight excluding hydrogens is 468 g/mol. The molecule has 0 spiro atoms. The number of hydrogen-bond acceptors (Lipinski definition) is 0. The Morgan fingerprint density at radius 2 is 1.08 bits per heavy atom. The smallest absolute Gasteiger partial charge is 0.0159 e. The maximum Gasteiger partial charge on any atom is 0.0159 e. The van der Waals surface area contributed by atoms with E-state index in [4.69, 9.17) is 0 Å². The molecule has 6 aromatic carbocycles. The Kier molecular flexibility index (Phi) is 5.16. The maximum absolute atomic E-state index is 2.49. The summed E-state index contributed by atoms with van der Waals surface area (Å²) in [6.07, 6.45) is 0. The number of hydrogen-bond donors (Lipinski definition) is 0. The molecule has 0 heterocycles. The molecule has 0 aliphatic heterocycles. The van der Waals surface area contributed by atoms with E-state index in [9.17, 15) is 0 Å². The van der Waals surface area contributed by atoms with Gasteiger partial charge in [-0.3, -0.25) is 0 Å². The fourth-order valence-electron chi connectivity index (χ4n) is 6.64. The van der Waals surface area contributed by atoms with E-state index >= 15 is 0 Å². The lowest BCUT2D eigenvalue weighted by atomic mass is 9.80. The molecular formula is C39H34. The van der Waals surface area contributed by atoms with Crippen LogP contribution in [0.5, 0.6) is 0 Å². The molecule has 7 rings (SSSR count). The van der Waals surface area contributed by atoms with Gasteiger partial charge in [0, 0.05) is 5.41 Å². The summed E-state index contributed by atoms with van der Waals surface area (Å²) in [4.78, 5) is 0. The lowest BCUT2D eigenvalue weighted by molar-refractivity contribution is 0.590. The van der Waals surface area contributed by atoms with Gasteiger partial charge in [0.1, 0.15) is 0 Å². The standard InChI is InChI=1S/C39H34/c1-38(2,3)27-19-17-26(18-20-27)29-21-22-31(30-15-10-12-25-11-6-7-13-28(25)30)33-23-35-32-14-8-9-16-36(32)39(4,5)37(35)24-34(29)33/h6-24H,1-5H3. The first-order valence-corrected chi connectivity index (χ1v) is 14.0. The third kappa shape index (κ3) is 3.66. The van der Waals surface area contributed by atoms with E-state index < -0.39 is 0 Å². The van der Waals surface area contributed by atoms with Crippen LogP contribution in [0.4, 0.5) is 0 Å². The number of benzene rings is 6. The quantitative estimate of drug-likeness (QED) is 0.221. The van der Waals surface area contributed by atoms with E-state index in [0.29, 0.717) is 0 Å². The van der Waals surface area contributed by atoms with Crippen molar-refractivity contribution in [2.24, 2.45) is 0 Å². The van der Waals surface area contributed by atoms with Crippen LogP contribution in [0.25, 0.3) is 54.9 Å². The second-order valence-corrected chi connectivity index (χ2v) is 12.6. The van der Waals surface area contributed by atoms with Crippen LogP contribution in [0, 0.1) is 0 Å². The van der Waals surface area contributed by atoms with Crippen molar-refractivity contribution in [2.75, 3.05) is 0 Å². The molecule has 1 aliphatic carbocycles. The molecule has 0 aromatic heterocycles. The Hall–Kier alpha value is -4.16. The topological polar surface area (TPSA) is 0 Å². The van der Waals surface area contributed by atoms with Crippen LogP contribution >= 0.6 is 0 Å². The van der Waals surface area contributed by atoms with Crippen molar-refractivity contribution in [3.63, 3.8) is 0 Å². The van der Waals surface area contributed by atoms with Gasteiger partial charge in [0.15, 0.2) is 0 Å². The first kappa shape index (κ1) is 23.9. The summed E-state index contributed by atoms with van der Waals surface area (Å²) in [6, 6.07) is 43.2. The highest BCUT2D eigenvalue weighted by Crippen LogP contribution is 2.51. The van der Waals surface area contributed by atoms with Crippen LogP contribution in [0.3, 0.4) is 0 Å². The van der Waals surface area contributed by atoms with Gasteiger partial charge in [-0.25, -0.2) is 0 Å². The predicted molar refractivity (Wildman–Crippen MR) is 169 cm³/mol. The summed E-state index contributed by atoms with van der Waals surface area (Å²) in [5, 5.41) is 5.21. The van der Waals surface area contributed by atoms with E-state index in [1.54, 1.807) is 0 Å². The lowest BCUT2D eigenvalue weighted by Gasteiger charge is -2.23. The number of rotatable bonds is 2. The van der Waals surface area contributed by atoms with E-state index in [-0.39, 0.29) is 10.8 Å². The van der Waals surface area contributed by atoms with Gasteiger partial charge in [0.05, 0.1) is 0 Å². The largest absolute Gasteiger partial charge is 0.0619 e. The molecule has 0 unspecified atom stereocenters. The van der Waals surface area contributed by atoms with Crippen molar-refractivity contribution in [3.8, 4) is 33.4 Å². The molecule has 0 saturated heterocycles. The minimum absolute atomic E-state index is 0.0388. The minimum atomic E-state index is -0.0388. The zero-order chi connectivity index (χ0) is 26.9. The van der Waals surface area contributed by atoms with Crippen LogP contribution in [-0.2, 0) is 10.8 Å². The second kappa shape index (κ2) is 8.42. The molecule has 0 heteroatoms. The number of fused-ring (bicyclic) bond motifs is 5. The fraction of sp³-hybridized carbons (Fsp3) is 0.179. The third-order valence-electron chi connectivity index (χ3n) is 8.86. The zero-order valence-electron chi connectivity index (χ0n) is 23.5. The van der Waals surface area contributed by atoms with E-state index in [0.717, 1.165) is 0 Å². The van der Waals surface area contributed by atoms with Crippen LogP contribution in [-0.4, -0.2) is 0 Å². The summed E-state index contributed by atoms with van der Waals surface area (Å²) in [7, 11) is 0. The summed E-state index contributed by atoms with van der Waals surface area (Å²) in [5.74, 6) is 0. The fourth-order valence-corrected chi connectivity index (χ4v) is 6.64. The molecule has 0 amide bonds.